The summed E-state index contributed by atoms with van der Waals surface area (Å²) in [7, 11) is 0. The first-order valence-corrected chi connectivity index (χ1v) is 6.84. The quantitative estimate of drug-likeness (QED) is 0.874. The molecule has 106 valence electrons. The molecule has 0 saturated heterocycles. The molecule has 0 spiro atoms. The molecule has 0 heterocycles. The van der Waals surface area contributed by atoms with E-state index in [-0.39, 0.29) is 5.82 Å². The standard InChI is InChI=1S/C17H20FNO/c1-4-19-11-14-6-8-16(9-13(14)3)20-17-10-15(18)7-5-12(17)2/h5-10,19H,4,11H2,1-3H3. The molecule has 2 aromatic rings. The van der Waals surface area contributed by atoms with Crippen molar-refractivity contribution in [2.45, 2.75) is 27.3 Å². The molecule has 0 bridgehead atoms. The fraction of sp³-hybridized carbons (Fsp3) is 0.294. The minimum atomic E-state index is -0.286. The predicted molar refractivity (Wildman–Crippen MR) is 79.8 cm³/mol. The van der Waals surface area contributed by atoms with Gasteiger partial charge in [-0.15, -0.1) is 0 Å². The number of rotatable bonds is 5. The zero-order chi connectivity index (χ0) is 14.5. The Balaban J connectivity index is 2.17. The Morgan fingerprint density at radius 2 is 1.85 bits per heavy atom. The third-order valence-corrected chi connectivity index (χ3v) is 3.26. The number of ether oxygens (including phenoxy) is 1. The van der Waals surface area contributed by atoms with Crippen LogP contribution in [0.5, 0.6) is 11.5 Å². The summed E-state index contributed by atoms with van der Waals surface area (Å²) in [5.41, 5.74) is 3.33. The SMILES string of the molecule is CCNCc1ccc(Oc2cc(F)ccc2C)cc1C. The molecular weight excluding hydrogens is 253 g/mol. The van der Waals surface area contributed by atoms with E-state index in [1.807, 2.05) is 25.1 Å². The van der Waals surface area contributed by atoms with E-state index in [0.29, 0.717) is 5.75 Å². The summed E-state index contributed by atoms with van der Waals surface area (Å²) in [5.74, 6) is 1.01. The van der Waals surface area contributed by atoms with Crippen molar-refractivity contribution in [1.82, 2.24) is 5.32 Å². The third kappa shape index (κ3) is 3.58. The van der Waals surface area contributed by atoms with Gasteiger partial charge in [-0.3, -0.25) is 0 Å². The fourth-order valence-corrected chi connectivity index (χ4v) is 2.00. The van der Waals surface area contributed by atoms with Gasteiger partial charge in [-0.2, -0.15) is 0 Å². The summed E-state index contributed by atoms with van der Waals surface area (Å²) >= 11 is 0. The molecule has 2 rings (SSSR count). The van der Waals surface area contributed by atoms with E-state index in [2.05, 4.69) is 19.2 Å². The Morgan fingerprint density at radius 3 is 2.55 bits per heavy atom. The van der Waals surface area contributed by atoms with Gasteiger partial charge in [0.1, 0.15) is 17.3 Å². The highest BCUT2D eigenvalue weighted by Crippen LogP contribution is 2.27. The lowest BCUT2D eigenvalue weighted by Crippen LogP contribution is -2.12. The molecule has 0 aromatic heterocycles. The first-order valence-electron chi connectivity index (χ1n) is 6.84. The van der Waals surface area contributed by atoms with Crippen molar-refractivity contribution in [3.8, 4) is 11.5 Å². The topological polar surface area (TPSA) is 21.3 Å². The van der Waals surface area contributed by atoms with Crippen LogP contribution in [-0.4, -0.2) is 6.54 Å². The minimum Gasteiger partial charge on any atom is -0.457 e. The summed E-state index contributed by atoms with van der Waals surface area (Å²) in [6.07, 6.45) is 0. The highest BCUT2D eigenvalue weighted by Gasteiger charge is 2.05. The van der Waals surface area contributed by atoms with Crippen molar-refractivity contribution in [3.05, 3.63) is 58.9 Å². The molecule has 0 atom stereocenters. The maximum Gasteiger partial charge on any atom is 0.133 e. The Bertz CT molecular complexity index is 596. The largest absolute Gasteiger partial charge is 0.457 e. The first kappa shape index (κ1) is 14.5. The molecule has 0 amide bonds. The molecule has 2 nitrogen and oxygen atoms in total. The summed E-state index contributed by atoms with van der Waals surface area (Å²) in [6.45, 7) is 7.83. The second-order valence-corrected chi connectivity index (χ2v) is 4.88. The average Bonchev–Trinajstić information content (AvgIpc) is 2.42. The molecular formula is C17H20FNO. The van der Waals surface area contributed by atoms with E-state index in [4.69, 9.17) is 4.74 Å². The monoisotopic (exact) mass is 273 g/mol. The van der Waals surface area contributed by atoms with Gasteiger partial charge in [0.25, 0.3) is 0 Å². The van der Waals surface area contributed by atoms with Gasteiger partial charge < -0.3 is 10.1 Å². The van der Waals surface area contributed by atoms with E-state index in [1.165, 1.54) is 17.7 Å². The summed E-state index contributed by atoms with van der Waals surface area (Å²) in [5, 5.41) is 3.30. The van der Waals surface area contributed by atoms with Gasteiger partial charge >= 0.3 is 0 Å². The van der Waals surface area contributed by atoms with Crippen molar-refractivity contribution >= 4 is 0 Å². The third-order valence-electron chi connectivity index (χ3n) is 3.26. The van der Waals surface area contributed by atoms with E-state index < -0.39 is 0 Å². The normalized spacial score (nSPS) is 10.6. The zero-order valence-electron chi connectivity index (χ0n) is 12.2. The molecule has 0 saturated carbocycles. The lowest BCUT2D eigenvalue weighted by Gasteiger charge is -2.12. The molecule has 0 unspecified atom stereocenters. The van der Waals surface area contributed by atoms with Crippen LogP contribution in [0, 0.1) is 19.7 Å². The lowest BCUT2D eigenvalue weighted by molar-refractivity contribution is 0.472. The van der Waals surface area contributed by atoms with Crippen LogP contribution in [0.1, 0.15) is 23.6 Å². The summed E-state index contributed by atoms with van der Waals surface area (Å²) < 4.78 is 19.0. The van der Waals surface area contributed by atoms with Crippen molar-refractivity contribution in [3.63, 3.8) is 0 Å². The Hall–Kier alpha value is -1.87. The van der Waals surface area contributed by atoms with Gasteiger partial charge in [0, 0.05) is 12.6 Å². The van der Waals surface area contributed by atoms with E-state index in [9.17, 15) is 4.39 Å². The Kier molecular flexibility index (Phi) is 4.74. The Morgan fingerprint density at radius 1 is 1.05 bits per heavy atom. The van der Waals surface area contributed by atoms with Gasteiger partial charge in [-0.1, -0.05) is 19.1 Å². The van der Waals surface area contributed by atoms with Crippen LogP contribution in [0.3, 0.4) is 0 Å². The van der Waals surface area contributed by atoms with Gasteiger partial charge in [0.15, 0.2) is 0 Å². The number of benzene rings is 2. The molecule has 20 heavy (non-hydrogen) atoms. The van der Waals surface area contributed by atoms with Gasteiger partial charge in [0.2, 0.25) is 0 Å². The summed E-state index contributed by atoms with van der Waals surface area (Å²) in [4.78, 5) is 0. The van der Waals surface area contributed by atoms with Crippen LogP contribution in [0.2, 0.25) is 0 Å². The number of nitrogens with one attached hydrogen (secondary N) is 1. The molecule has 3 heteroatoms. The number of hydrogen-bond donors (Lipinski definition) is 1. The Labute approximate surface area is 119 Å². The van der Waals surface area contributed by atoms with Crippen LogP contribution in [0.4, 0.5) is 4.39 Å². The smallest absolute Gasteiger partial charge is 0.133 e. The number of hydrogen-bond acceptors (Lipinski definition) is 2. The highest BCUT2D eigenvalue weighted by atomic mass is 19.1. The number of aryl methyl sites for hydroxylation is 2. The van der Waals surface area contributed by atoms with E-state index >= 15 is 0 Å². The van der Waals surface area contributed by atoms with E-state index in [0.717, 1.165) is 30.0 Å². The predicted octanol–water partition coefficient (Wildman–Crippen LogP) is 4.34. The number of halogens is 1. The van der Waals surface area contributed by atoms with Gasteiger partial charge in [-0.05, 0) is 55.3 Å². The molecule has 2 aromatic carbocycles. The van der Waals surface area contributed by atoms with Crippen molar-refractivity contribution in [2.24, 2.45) is 0 Å². The molecule has 0 radical (unpaired) electrons. The molecule has 1 N–H and O–H groups in total. The van der Waals surface area contributed by atoms with E-state index in [1.54, 1.807) is 6.07 Å². The van der Waals surface area contributed by atoms with Crippen LogP contribution >= 0.6 is 0 Å². The first-order chi connectivity index (χ1) is 9.60. The van der Waals surface area contributed by atoms with Crippen molar-refractivity contribution in [1.29, 1.82) is 0 Å². The maximum absolute atomic E-state index is 13.2. The van der Waals surface area contributed by atoms with Gasteiger partial charge in [-0.25, -0.2) is 4.39 Å². The molecule has 0 fully saturated rings. The minimum absolute atomic E-state index is 0.286. The summed E-state index contributed by atoms with van der Waals surface area (Å²) in [6, 6.07) is 10.5. The maximum atomic E-state index is 13.2. The van der Waals surface area contributed by atoms with Crippen LogP contribution < -0.4 is 10.1 Å². The molecule has 0 aliphatic heterocycles. The van der Waals surface area contributed by atoms with Crippen LogP contribution in [-0.2, 0) is 6.54 Å². The molecule has 0 aliphatic rings. The average molecular weight is 273 g/mol. The second kappa shape index (κ2) is 6.53. The zero-order valence-corrected chi connectivity index (χ0v) is 12.2. The molecule has 0 aliphatic carbocycles. The van der Waals surface area contributed by atoms with Crippen molar-refractivity contribution < 1.29 is 9.13 Å². The van der Waals surface area contributed by atoms with Crippen LogP contribution in [0.25, 0.3) is 0 Å². The van der Waals surface area contributed by atoms with Crippen molar-refractivity contribution in [2.75, 3.05) is 6.54 Å². The van der Waals surface area contributed by atoms with Gasteiger partial charge in [0.05, 0.1) is 0 Å². The lowest BCUT2D eigenvalue weighted by atomic mass is 10.1. The van der Waals surface area contributed by atoms with Crippen LogP contribution in [0.15, 0.2) is 36.4 Å². The second-order valence-electron chi connectivity index (χ2n) is 4.88. The highest BCUT2D eigenvalue weighted by molar-refractivity contribution is 5.40. The fourth-order valence-electron chi connectivity index (χ4n) is 2.00.